The topological polar surface area (TPSA) is 105 Å². The van der Waals surface area contributed by atoms with Crippen LogP contribution in [0.2, 0.25) is 0 Å². The quantitative estimate of drug-likeness (QED) is 0.266. The average Bonchev–Trinajstić information content (AvgIpc) is 3.29. The van der Waals surface area contributed by atoms with Gasteiger partial charge in [0.2, 0.25) is 11.8 Å². The van der Waals surface area contributed by atoms with E-state index < -0.39 is 5.25 Å². The summed E-state index contributed by atoms with van der Waals surface area (Å²) in [5.74, 6) is -0.756. The molecule has 0 radical (unpaired) electrons. The van der Waals surface area contributed by atoms with E-state index in [4.69, 9.17) is 5.73 Å². The van der Waals surface area contributed by atoms with Gasteiger partial charge in [-0.3, -0.25) is 14.4 Å². The molecule has 1 saturated heterocycles. The summed E-state index contributed by atoms with van der Waals surface area (Å²) in [6, 6.07) is 10.2. The number of anilines is 1. The second kappa shape index (κ2) is 8.49. The highest BCUT2D eigenvalue weighted by Crippen LogP contribution is 2.30. The summed E-state index contributed by atoms with van der Waals surface area (Å²) in [6.45, 7) is 3.28. The molecule has 0 spiro atoms. The SMILES string of the molecule is CC(=O)c1ccc(N2C(=O)C[C@@H](SC(N)=N/N=C(/C)c3cccs3)C2=O)cc1. The van der Waals surface area contributed by atoms with Crippen molar-refractivity contribution < 1.29 is 14.4 Å². The summed E-state index contributed by atoms with van der Waals surface area (Å²) in [6.07, 6.45) is 0.0296. The largest absolute Gasteiger partial charge is 0.377 e. The van der Waals surface area contributed by atoms with Crippen LogP contribution in [0.15, 0.2) is 52.0 Å². The normalized spacial score (nSPS) is 18.1. The second-order valence-corrected chi connectivity index (χ2v) is 8.25. The Kier molecular flexibility index (Phi) is 6.05. The molecule has 1 atom stereocenters. The highest BCUT2D eigenvalue weighted by atomic mass is 32.2. The third-order valence-electron chi connectivity index (χ3n) is 4.08. The van der Waals surface area contributed by atoms with Crippen molar-refractivity contribution in [2.45, 2.75) is 25.5 Å². The third-order valence-corrected chi connectivity index (χ3v) is 6.03. The molecule has 144 valence electrons. The fourth-order valence-electron chi connectivity index (χ4n) is 2.64. The Bertz CT molecular complexity index is 966. The number of hydrogen-bond acceptors (Lipinski definition) is 7. The molecule has 1 fully saturated rings. The minimum absolute atomic E-state index is 0.0296. The second-order valence-electron chi connectivity index (χ2n) is 6.08. The first kappa shape index (κ1) is 20.0. The van der Waals surface area contributed by atoms with Gasteiger partial charge in [0.05, 0.1) is 16.3 Å². The van der Waals surface area contributed by atoms with E-state index in [1.54, 1.807) is 35.6 Å². The molecule has 0 bridgehead atoms. The number of thiophene rings is 1. The lowest BCUT2D eigenvalue weighted by Crippen LogP contribution is -2.31. The molecule has 2 N–H and O–H groups in total. The number of ketones is 1. The molecule has 0 unspecified atom stereocenters. The van der Waals surface area contributed by atoms with Gasteiger partial charge in [0.15, 0.2) is 11.0 Å². The maximum atomic E-state index is 12.7. The summed E-state index contributed by atoms with van der Waals surface area (Å²) < 4.78 is 0. The molecule has 1 aromatic heterocycles. The van der Waals surface area contributed by atoms with Crippen molar-refractivity contribution >= 4 is 57.3 Å². The Morgan fingerprint density at radius 1 is 1.18 bits per heavy atom. The van der Waals surface area contributed by atoms with Crippen LogP contribution < -0.4 is 10.6 Å². The minimum Gasteiger partial charge on any atom is -0.377 e. The Labute approximate surface area is 170 Å². The number of amides is 2. The number of imide groups is 1. The number of Topliss-reactive ketones (excluding diaryl/α,β-unsaturated/α-hetero) is 1. The van der Waals surface area contributed by atoms with Crippen LogP contribution in [-0.2, 0) is 9.59 Å². The van der Waals surface area contributed by atoms with E-state index >= 15 is 0 Å². The van der Waals surface area contributed by atoms with Gasteiger partial charge in [0.25, 0.3) is 0 Å². The fourth-order valence-corrected chi connectivity index (χ4v) is 4.12. The van der Waals surface area contributed by atoms with E-state index in [9.17, 15) is 14.4 Å². The van der Waals surface area contributed by atoms with Gasteiger partial charge in [0.1, 0.15) is 5.25 Å². The van der Waals surface area contributed by atoms with E-state index in [2.05, 4.69) is 10.2 Å². The maximum absolute atomic E-state index is 12.7. The molecule has 1 aliphatic heterocycles. The van der Waals surface area contributed by atoms with Gasteiger partial charge >= 0.3 is 0 Å². The summed E-state index contributed by atoms with van der Waals surface area (Å²) >= 11 is 2.57. The lowest BCUT2D eigenvalue weighted by molar-refractivity contribution is -0.121. The van der Waals surface area contributed by atoms with Crippen LogP contribution in [0.3, 0.4) is 0 Å². The Morgan fingerprint density at radius 3 is 2.50 bits per heavy atom. The lowest BCUT2D eigenvalue weighted by atomic mass is 10.1. The predicted octanol–water partition coefficient (Wildman–Crippen LogP) is 3.05. The first-order valence-corrected chi connectivity index (χ1v) is 10.2. The molecule has 1 aliphatic rings. The summed E-state index contributed by atoms with van der Waals surface area (Å²) in [7, 11) is 0. The standard InChI is InChI=1S/C19H18N4O3S2/c1-11(15-4-3-9-27-15)21-22-19(20)28-16-10-17(25)23(18(16)26)14-7-5-13(6-8-14)12(2)24/h3-9,16H,10H2,1-2H3,(H2,20,22)/b21-11-/t16-/m1/s1. The van der Waals surface area contributed by atoms with Gasteiger partial charge < -0.3 is 5.73 Å². The highest BCUT2D eigenvalue weighted by Gasteiger charge is 2.40. The number of amidine groups is 1. The van der Waals surface area contributed by atoms with Gasteiger partial charge in [-0.05, 0) is 49.6 Å². The molecule has 28 heavy (non-hydrogen) atoms. The number of hydrogen-bond donors (Lipinski definition) is 1. The van der Waals surface area contributed by atoms with E-state index in [1.807, 2.05) is 24.4 Å². The molecule has 2 aromatic rings. The van der Waals surface area contributed by atoms with Crippen LogP contribution in [-0.4, -0.2) is 33.7 Å². The van der Waals surface area contributed by atoms with Crippen molar-refractivity contribution in [2.24, 2.45) is 15.9 Å². The molecular weight excluding hydrogens is 396 g/mol. The predicted molar refractivity (Wildman–Crippen MR) is 113 cm³/mol. The third kappa shape index (κ3) is 4.37. The maximum Gasteiger partial charge on any atom is 0.247 e. The zero-order chi connectivity index (χ0) is 20.3. The number of benzene rings is 1. The molecule has 9 heteroatoms. The van der Waals surface area contributed by atoms with Gasteiger partial charge in [0, 0.05) is 12.0 Å². The van der Waals surface area contributed by atoms with E-state index in [1.165, 1.54) is 6.92 Å². The van der Waals surface area contributed by atoms with Gasteiger partial charge in [-0.15, -0.1) is 16.4 Å². The van der Waals surface area contributed by atoms with Crippen LogP contribution >= 0.6 is 23.1 Å². The zero-order valence-electron chi connectivity index (χ0n) is 15.3. The minimum atomic E-state index is -0.652. The molecule has 2 amide bonds. The molecule has 3 rings (SSSR count). The number of nitrogens with zero attached hydrogens (tertiary/aromatic N) is 3. The molecule has 1 aromatic carbocycles. The van der Waals surface area contributed by atoms with Crippen LogP contribution in [0.5, 0.6) is 0 Å². The molecule has 0 saturated carbocycles. The Balaban J connectivity index is 1.70. The molecule has 2 heterocycles. The summed E-state index contributed by atoms with van der Waals surface area (Å²) in [5, 5.41) is 9.46. The first-order chi connectivity index (χ1) is 13.4. The van der Waals surface area contributed by atoms with Crippen LogP contribution in [0, 0.1) is 0 Å². The first-order valence-electron chi connectivity index (χ1n) is 8.43. The van der Waals surface area contributed by atoms with Crippen molar-refractivity contribution in [1.82, 2.24) is 0 Å². The van der Waals surface area contributed by atoms with Crippen molar-refractivity contribution in [1.29, 1.82) is 0 Å². The average molecular weight is 415 g/mol. The monoisotopic (exact) mass is 414 g/mol. The van der Waals surface area contributed by atoms with Gasteiger partial charge in [-0.2, -0.15) is 5.10 Å². The van der Waals surface area contributed by atoms with E-state index in [-0.39, 0.29) is 29.2 Å². The Hall–Kier alpha value is -2.78. The lowest BCUT2D eigenvalue weighted by Gasteiger charge is -2.15. The summed E-state index contributed by atoms with van der Waals surface area (Å²) in [4.78, 5) is 38.5. The smallest absolute Gasteiger partial charge is 0.247 e. The fraction of sp³-hybridized carbons (Fsp3) is 0.211. The van der Waals surface area contributed by atoms with E-state index in [0.717, 1.165) is 27.3 Å². The number of carbonyl (C=O) groups excluding carboxylic acids is 3. The number of thioether (sulfide) groups is 1. The van der Waals surface area contributed by atoms with Crippen molar-refractivity contribution in [2.75, 3.05) is 4.90 Å². The molecular formula is C19H18N4O3S2. The molecule has 0 aliphatic carbocycles. The van der Waals surface area contributed by atoms with E-state index in [0.29, 0.717) is 11.3 Å². The van der Waals surface area contributed by atoms with Crippen LogP contribution in [0.25, 0.3) is 0 Å². The van der Waals surface area contributed by atoms with Crippen LogP contribution in [0.4, 0.5) is 5.69 Å². The highest BCUT2D eigenvalue weighted by molar-refractivity contribution is 8.14. The van der Waals surface area contributed by atoms with Crippen LogP contribution in [0.1, 0.15) is 35.5 Å². The Morgan fingerprint density at radius 2 is 1.89 bits per heavy atom. The number of nitrogens with two attached hydrogens (primary N) is 1. The van der Waals surface area contributed by atoms with Crippen molar-refractivity contribution in [3.63, 3.8) is 0 Å². The van der Waals surface area contributed by atoms with Gasteiger partial charge in [-0.1, -0.05) is 17.8 Å². The van der Waals surface area contributed by atoms with Crippen molar-refractivity contribution in [3.05, 3.63) is 52.2 Å². The number of carbonyl (C=O) groups is 3. The molecule has 7 nitrogen and oxygen atoms in total. The van der Waals surface area contributed by atoms with Crippen molar-refractivity contribution in [3.8, 4) is 0 Å². The number of rotatable bonds is 5. The zero-order valence-corrected chi connectivity index (χ0v) is 16.9. The van der Waals surface area contributed by atoms with Gasteiger partial charge in [-0.25, -0.2) is 4.90 Å². The summed E-state index contributed by atoms with van der Waals surface area (Å²) in [5.41, 5.74) is 7.56.